The number of amides is 3. The van der Waals surface area contributed by atoms with Gasteiger partial charge in [0, 0.05) is 49.5 Å². The smallest absolute Gasteiger partial charge is 0.336 e. The molecule has 5 N–H and O–H groups in total. The van der Waals surface area contributed by atoms with Crippen molar-refractivity contribution in [2.24, 2.45) is 0 Å². The van der Waals surface area contributed by atoms with E-state index in [1.54, 1.807) is 42.2 Å². The molecule has 0 saturated carbocycles. The Morgan fingerprint density at radius 2 is 1.63 bits per heavy atom. The van der Waals surface area contributed by atoms with Crippen LogP contribution in [0.2, 0.25) is 0 Å². The Bertz CT molecular complexity index is 1580. The Morgan fingerprint density at radius 3 is 2.28 bits per heavy atom. The number of aliphatic hydroxyl groups excluding tert-OH is 1. The summed E-state index contributed by atoms with van der Waals surface area (Å²) in [6, 6.07) is 19.6. The van der Waals surface area contributed by atoms with E-state index < -0.39 is 5.97 Å². The molecule has 5 rings (SSSR count). The number of anilines is 2. The molecule has 0 atom stereocenters. The van der Waals surface area contributed by atoms with Crippen LogP contribution >= 0.6 is 0 Å². The SMILES string of the molecule is Cc1cc2c(cc1C(=O)O)NC(=O)/C2=C(/Nc1ccc(C(=O)N2CCN(CC(=O)NCCO)CC2)cc1)c1ccccc1. The van der Waals surface area contributed by atoms with Crippen LogP contribution in [0.5, 0.6) is 0 Å². The van der Waals surface area contributed by atoms with Crippen LogP contribution in [0.3, 0.4) is 0 Å². The zero-order chi connectivity index (χ0) is 30.5. The summed E-state index contributed by atoms with van der Waals surface area (Å²) in [4.78, 5) is 53.7. The van der Waals surface area contributed by atoms with Crippen LogP contribution in [-0.4, -0.2) is 89.6 Å². The van der Waals surface area contributed by atoms with Gasteiger partial charge in [0.2, 0.25) is 5.91 Å². The Labute approximate surface area is 248 Å². The molecule has 0 radical (unpaired) electrons. The highest BCUT2D eigenvalue weighted by molar-refractivity contribution is 6.37. The number of carbonyl (C=O) groups is 4. The molecule has 2 heterocycles. The van der Waals surface area contributed by atoms with Crippen LogP contribution in [0.4, 0.5) is 11.4 Å². The second-order valence-corrected chi connectivity index (χ2v) is 10.4. The number of carboxylic acids is 1. The molecule has 0 bridgehead atoms. The summed E-state index contributed by atoms with van der Waals surface area (Å²) >= 11 is 0. The van der Waals surface area contributed by atoms with Crippen LogP contribution < -0.4 is 16.0 Å². The quantitative estimate of drug-likeness (QED) is 0.241. The average Bonchev–Trinajstić information content (AvgIpc) is 3.33. The molecule has 222 valence electrons. The zero-order valence-corrected chi connectivity index (χ0v) is 23.7. The Morgan fingerprint density at radius 1 is 0.930 bits per heavy atom. The summed E-state index contributed by atoms with van der Waals surface area (Å²) in [5.41, 5.74) is 4.61. The van der Waals surface area contributed by atoms with Gasteiger partial charge in [-0.2, -0.15) is 0 Å². The number of fused-ring (bicyclic) bond motifs is 1. The number of piperazine rings is 1. The Balaban J connectivity index is 1.34. The Kier molecular flexibility index (Phi) is 8.84. The van der Waals surface area contributed by atoms with Gasteiger partial charge in [0.05, 0.1) is 35.7 Å². The van der Waals surface area contributed by atoms with Crippen LogP contribution in [0.25, 0.3) is 11.3 Å². The van der Waals surface area contributed by atoms with E-state index in [4.69, 9.17) is 5.11 Å². The van der Waals surface area contributed by atoms with E-state index in [1.807, 2.05) is 35.2 Å². The number of hydrogen-bond donors (Lipinski definition) is 5. The van der Waals surface area contributed by atoms with E-state index in [0.717, 1.165) is 5.56 Å². The summed E-state index contributed by atoms with van der Waals surface area (Å²) in [6.07, 6.45) is 0. The second-order valence-electron chi connectivity index (χ2n) is 10.4. The normalized spacial score (nSPS) is 15.9. The number of carbonyl (C=O) groups excluding carboxylic acids is 3. The fourth-order valence-electron chi connectivity index (χ4n) is 5.27. The molecule has 11 heteroatoms. The molecule has 3 aromatic carbocycles. The maximum atomic E-state index is 13.2. The molecule has 1 fully saturated rings. The highest BCUT2D eigenvalue weighted by Gasteiger charge is 2.30. The van der Waals surface area contributed by atoms with Crippen LogP contribution in [-0.2, 0) is 9.59 Å². The van der Waals surface area contributed by atoms with Gasteiger partial charge in [-0.3, -0.25) is 19.3 Å². The molecule has 1 saturated heterocycles. The number of carboxylic acid groups (broad SMARTS) is 1. The van der Waals surface area contributed by atoms with Crippen molar-refractivity contribution in [1.29, 1.82) is 0 Å². The summed E-state index contributed by atoms with van der Waals surface area (Å²) in [6.45, 7) is 4.18. The van der Waals surface area contributed by atoms with Crippen molar-refractivity contribution in [2.75, 3.05) is 56.5 Å². The number of aliphatic hydroxyl groups is 1. The molecule has 0 aliphatic carbocycles. The Hall–Kier alpha value is -5.00. The molecule has 3 aromatic rings. The molecule has 0 aromatic heterocycles. The van der Waals surface area contributed by atoms with E-state index in [-0.39, 0.29) is 43.0 Å². The highest BCUT2D eigenvalue weighted by Crippen LogP contribution is 2.39. The lowest BCUT2D eigenvalue weighted by atomic mass is 9.96. The molecule has 3 amide bonds. The topological polar surface area (TPSA) is 151 Å². The first-order valence-electron chi connectivity index (χ1n) is 14.0. The van der Waals surface area contributed by atoms with Gasteiger partial charge >= 0.3 is 5.97 Å². The highest BCUT2D eigenvalue weighted by atomic mass is 16.4. The number of hydrogen-bond acceptors (Lipinski definition) is 7. The van der Waals surface area contributed by atoms with E-state index in [0.29, 0.717) is 65.5 Å². The summed E-state index contributed by atoms with van der Waals surface area (Å²) in [7, 11) is 0. The molecule has 11 nitrogen and oxygen atoms in total. The lowest BCUT2D eigenvalue weighted by Gasteiger charge is -2.34. The van der Waals surface area contributed by atoms with Gasteiger partial charge in [-0.1, -0.05) is 30.3 Å². The maximum absolute atomic E-state index is 13.2. The van der Waals surface area contributed by atoms with Crippen molar-refractivity contribution >= 4 is 46.3 Å². The predicted molar refractivity (Wildman–Crippen MR) is 163 cm³/mol. The minimum atomic E-state index is -1.06. The number of aromatic carboxylic acids is 1. The van der Waals surface area contributed by atoms with Gasteiger partial charge in [-0.25, -0.2) is 4.79 Å². The standard InChI is InChI=1S/C32H33N5O6/c1-20-17-25-26(18-24(20)32(42)43)35-30(40)28(25)29(21-5-3-2-4-6-21)34-23-9-7-22(8-10-23)31(41)37-14-12-36(13-15-37)19-27(39)33-11-16-38/h2-10,17-18,34,38H,11-16,19H2,1H3,(H,33,39)(H,35,40)(H,42,43)/b29-28+. The number of nitrogens with one attached hydrogen (secondary N) is 3. The molecule has 2 aliphatic heterocycles. The summed E-state index contributed by atoms with van der Waals surface area (Å²) < 4.78 is 0. The molecule has 43 heavy (non-hydrogen) atoms. The van der Waals surface area contributed by atoms with E-state index >= 15 is 0 Å². The summed E-state index contributed by atoms with van der Waals surface area (Å²) in [5.74, 6) is -1.67. The average molecular weight is 584 g/mol. The minimum absolute atomic E-state index is 0.105. The largest absolute Gasteiger partial charge is 0.478 e. The molecule has 0 unspecified atom stereocenters. The molecule has 0 spiro atoms. The van der Waals surface area contributed by atoms with Gasteiger partial charge < -0.3 is 31.1 Å². The number of aryl methyl sites for hydroxylation is 1. The van der Waals surface area contributed by atoms with Gasteiger partial charge in [0.1, 0.15) is 0 Å². The lowest BCUT2D eigenvalue weighted by molar-refractivity contribution is -0.122. The monoisotopic (exact) mass is 583 g/mol. The number of benzene rings is 3. The number of nitrogens with zero attached hydrogens (tertiary/aromatic N) is 2. The maximum Gasteiger partial charge on any atom is 0.336 e. The van der Waals surface area contributed by atoms with Crippen LogP contribution in [0.1, 0.15) is 37.4 Å². The van der Waals surface area contributed by atoms with Crippen LogP contribution in [0, 0.1) is 6.92 Å². The first kappa shape index (κ1) is 29.5. The van der Waals surface area contributed by atoms with Crippen molar-refractivity contribution in [3.05, 3.63) is 94.5 Å². The van der Waals surface area contributed by atoms with Gasteiger partial charge in [-0.05, 0) is 54.4 Å². The third kappa shape index (κ3) is 6.58. The van der Waals surface area contributed by atoms with Crippen molar-refractivity contribution < 1.29 is 29.4 Å². The molecule has 2 aliphatic rings. The van der Waals surface area contributed by atoms with E-state index in [9.17, 15) is 24.3 Å². The van der Waals surface area contributed by atoms with E-state index in [2.05, 4.69) is 16.0 Å². The van der Waals surface area contributed by atoms with Crippen molar-refractivity contribution in [3.8, 4) is 0 Å². The van der Waals surface area contributed by atoms with Crippen molar-refractivity contribution in [3.63, 3.8) is 0 Å². The fourth-order valence-corrected chi connectivity index (χ4v) is 5.27. The van der Waals surface area contributed by atoms with Gasteiger partial charge in [0.15, 0.2) is 0 Å². The minimum Gasteiger partial charge on any atom is -0.478 e. The van der Waals surface area contributed by atoms with Crippen molar-refractivity contribution in [1.82, 2.24) is 15.1 Å². The first-order chi connectivity index (χ1) is 20.7. The van der Waals surface area contributed by atoms with Gasteiger partial charge in [0.25, 0.3) is 11.8 Å². The molecular formula is C32H33N5O6. The number of rotatable bonds is 9. The lowest BCUT2D eigenvalue weighted by Crippen LogP contribution is -2.51. The third-order valence-corrected chi connectivity index (χ3v) is 7.51. The molecular weight excluding hydrogens is 550 g/mol. The van der Waals surface area contributed by atoms with Crippen LogP contribution in [0.15, 0.2) is 66.7 Å². The van der Waals surface area contributed by atoms with E-state index in [1.165, 1.54) is 6.07 Å². The fraction of sp³-hybridized carbons (Fsp3) is 0.250. The van der Waals surface area contributed by atoms with Gasteiger partial charge in [-0.15, -0.1) is 0 Å². The summed E-state index contributed by atoms with van der Waals surface area (Å²) in [5, 5.41) is 27.2. The predicted octanol–water partition coefficient (Wildman–Crippen LogP) is 2.49. The zero-order valence-electron chi connectivity index (χ0n) is 23.7. The second kappa shape index (κ2) is 12.9. The third-order valence-electron chi connectivity index (χ3n) is 7.51. The van der Waals surface area contributed by atoms with Crippen molar-refractivity contribution in [2.45, 2.75) is 6.92 Å². The first-order valence-corrected chi connectivity index (χ1v) is 14.0.